The predicted octanol–water partition coefficient (Wildman–Crippen LogP) is 1.76. The number of nitrogen functional groups attached to an aromatic ring is 1. The van der Waals surface area contributed by atoms with Gasteiger partial charge in [-0.25, -0.2) is 0 Å². The standard InChI is InChI=1S/C13H20N4O/c1-2-9-4-3-5-10(8-9)15-13(18)11-6-7-12(14)17-16-11/h6-7,9-10H,2-5,8H2,1H3,(H2,14,17)(H,15,18). The van der Waals surface area contributed by atoms with E-state index < -0.39 is 0 Å². The molecule has 0 radical (unpaired) electrons. The van der Waals surface area contributed by atoms with Gasteiger partial charge in [0, 0.05) is 6.04 Å². The van der Waals surface area contributed by atoms with Crippen molar-refractivity contribution in [2.24, 2.45) is 5.92 Å². The van der Waals surface area contributed by atoms with E-state index in [1.807, 2.05) is 0 Å². The fourth-order valence-corrected chi connectivity index (χ4v) is 2.52. The molecule has 2 rings (SSSR count). The number of hydrogen-bond donors (Lipinski definition) is 2. The summed E-state index contributed by atoms with van der Waals surface area (Å²) >= 11 is 0. The first kappa shape index (κ1) is 12.8. The Hall–Kier alpha value is -1.65. The second-order valence-electron chi connectivity index (χ2n) is 4.95. The third kappa shape index (κ3) is 3.18. The van der Waals surface area contributed by atoms with E-state index in [1.165, 1.54) is 19.3 Å². The van der Waals surface area contributed by atoms with Gasteiger partial charge >= 0.3 is 0 Å². The normalized spacial score (nSPS) is 23.6. The lowest BCUT2D eigenvalue weighted by Crippen LogP contribution is -2.38. The topological polar surface area (TPSA) is 80.9 Å². The van der Waals surface area contributed by atoms with Crippen molar-refractivity contribution in [2.45, 2.75) is 45.1 Å². The van der Waals surface area contributed by atoms with E-state index in [0.29, 0.717) is 11.5 Å². The number of nitrogens with two attached hydrogens (primary N) is 1. The molecule has 0 saturated heterocycles. The second kappa shape index (κ2) is 5.80. The molecule has 3 N–H and O–H groups in total. The van der Waals surface area contributed by atoms with E-state index >= 15 is 0 Å². The van der Waals surface area contributed by atoms with Crippen molar-refractivity contribution < 1.29 is 4.79 Å². The average Bonchev–Trinajstić information content (AvgIpc) is 2.39. The molecule has 0 aromatic carbocycles. The van der Waals surface area contributed by atoms with E-state index in [1.54, 1.807) is 12.1 Å². The SMILES string of the molecule is CCC1CCCC(NC(=O)c2ccc(N)nn2)C1. The fraction of sp³-hybridized carbons (Fsp3) is 0.615. The van der Waals surface area contributed by atoms with Crippen molar-refractivity contribution in [1.29, 1.82) is 0 Å². The van der Waals surface area contributed by atoms with Crippen LogP contribution in [0.4, 0.5) is 5.82 Å². The maximum Gasteiger partial charge on any atom is 0.272 e. The molecule has 1 aromatic heterocycles. The first-order chi connectivity index (χ1) is 8.69. The van der Waals surface area contributed by atoms with Crippen molar-refractivity contribution in [3.8, 4) is 0 Å². The predicted molar refractivity (Wildman–Crippen MR) is 69.9 cm³/mol. The summed E-state index contributed by atoms with van der Waals surface area (Å²) < 4.78 is 0. The molecule has 1 heterocycles. The van der Waals surface area contributed by atoms with Crippen LogP contribution in [0.2, 0.25) is 0 Å². The molecule has 1 aliphatic carbocycles. The smallest absolute Gasteiger partial charge is 0.272 e. The summed E-state index contributed by atoms with van der Waals surface area (Å²) in [5.41, 5.74) is 5.78. The number of rotatable bonds is 3. The summed E-state index contributed by atoms with van der Waals surface area (Å²) in [6.45, 7) is 2.21. The number of carbonyl (C=O) groups excluding carboxylic acids is 1. The number of carbonyl (C=O) groups is 1. The quantitative estimate of drug-likeness (QED) is 0.854. The van der Waals surface area contributed by atoms with Gasteiger partial charge in [0.05, 0.1) is 0 Å². The van der Waals surface area contributed by atoms with E-state index in [0.717, 1.165) is 18.8 Å². The molecule has 1 amide bonds. The molecular weight excluding hydrogens is 228 g/mol. The molecule has 0 aliphatic heterocycles. The summed E-state index contributed by atoms with van der Waals surface area (Å²) in [4.78, 5) is 12.0. The van der Waals surface area contributed by atoms with Crippen molar-refractivity contribution in [3.63, 3.8) is 0 Å². The van der Waals surface area contributed by atoms with Crippen LogP contribution in [0.1, 0.15) is 49.5 Å². The Bertz CT molecular complexity index is 404. The Morgan fingerprint density at radius 1 is 1.44 bits per heavy atom. The van der Waals surface area contributed by atoms with Crippen molar-refractivity contribution >= 4 is 11.7 Å². The summed E-state index contributed by atoms with van der Waals surface area (Å²) in [5.74, 6) is 0.918. The zero-order valence-electron chi connectivity index (χ0n) is 10.7. The minimum Gasteiger partial charge on any atom is -0.382 e. The number of nitrogens with zero attached hydrogens (tertiary/aromatic N) is 2. The van der Waals surface area contributed by atoms with E-state index in [4.69, 9.17) is 5.73 Å². The van der Waals surface area contributed by atoms with Crippen LogP contribution in [0.15, 0.2) is 12.1 Å². The third-order valence-electron chi connectivity index (χ3n) is 3.61. The second-order valence-corrected chi connectivity index (χ2v) is 4.95. The highest BCUT2D eigenvalue weighted by atomic mass is 16.2. The van der Waals surface area contributed by atoms with Crippen LogP contribution in [0.25, 0.3) is 0 Å². The molecule has 0 spiro atoms. The van der Waals surface area contributed by atoms with E-state index in [9.17, 15) is 4.79 Å². The van der Waals surface area contributed by atoms with Crippen LogP contribution in [0.5, 0.6) is 0 Å². The molecule has 5 heteroatoms. The minimum absolute atomic E-state index is 0.149. The molecule has 1 aromatic rings. The Balaban J connectivity index is 1.92. The lowest BCUT2D eigenvalue weighted by atomic mass is 9.84. The molecule has 98 valence electrons. The lowest BCUT2D eigenvalue weighted by molar-refractivity contribution is 0.0913. The number of aromatic nitrogens is 2. The van der Waals surface area contributed by atoms with Gasteiger partial charge in [-0.05, 0) is 30.9 Å². The molecule has 1 saturated carbocycles. The van der Waals surface area contributed by atoms with Gasteiger partial charge in [-0.15, -0.1) is 10.2 Å². The van der Waals surface area contributed by atoms with Crippen LogP contribution >= 0.6 is 0 Å². The van der Waals surface area contributed by atoms with Gasteiger partial charge in [0.15, 0.2) is 5.69 Å². The van der Waals surface area contributed by atoms with Gasteiger partial charge in [0.25, 0.3) is 5.91 Å². The molecule has 2 atom stereocenters. The van der Waals surface area contributed by atoms with Crippen LogP contribution in [0.3, 0.4) is 0 Å². The number of anilines is 1. The van der Waals surface area contributed by atoms with Gasteiger partial charge in [-0.2, -0.15) is 0 Å². The largest absolute Gasteiger partial charge is 0.382 e. The number of amides is 1. The maximum atomic E-state index is 12.0. The van der Waals surface area contributed by atoms with Gasteiger partial charge in [0.2, 0.25) is 0 Å². The molecule has 1 fully saturated rings. The Labute approximate surface area is 107 Å². The van der Waals surface area contributed by atoms with Crippen LogP contribution in [-0.4, -0.2) is 22.1 Å². The van der Waals surface area contributed by atoms with Crippen molar-refractivity contribution in [3.05, 3.63) is 17.8 Å². The van der Waals surface area contributed by atoms with Gasteiger partial charge in [0.1, 0.15) is 5.82 Å². The Morgan fingerprint density at radius 2 is 2.28 bits per heavy atom. The summed E-state index contributed by atoms with van der Waals surface area (Å²) in [5, 5.41) is 10.5. The van der Waals surface area contributed by atoms with E-state index in [-0.39, 0.29) is 11.9 Å². The monoisotopic (exact) mass is 248 g/mol. The highest BCUT2D eigenvalue weighted by molar-refractivity contribution is 5.92. The first-order valence-electron chi connectivity index (χ1n) is 6.59. The number of nitrogens with one attached hydrogen (secondary N) is 1. The average molecular weight is 248 g/mol. The zero-order chi connectivity index (χ0) is 13.0. The molecule has 18 heavy (non-hydrogen) atoms. The van der Waals surface area contributed by atoms with Gasteiger partial charge in [-0.3, -0.25) is 4.79 Å². The molecule has 5 nitrogen and oxygen atoms in total. The molecule has 0 bridgehead atoms. The van der Waals surface area contributed by atoms with E-state index in [2.05, 4.69) is 22.4 Å². The summed E-state index contributed by atoms with van der Waals surface area (Å²) in [6.07, 6.45) is 5.80. The third-order valence-corrected chi connectivity index (χ3v) is 3.61. The van der Waals surface area contributed by atoms with Gasteiger partial charge < -0.3 is 11.1 Å². The zero-order valence-corrected chi connectivity index (χ0v) is 10.7. The highest BCUT2D eigenvalue weighted by Crippen LogP contribution is 2.26. The number of hydrogen-bond acceptors (Lipinski definition) is 4. The minimum atomic E-state index is -0.149. The lowest BCUT2D eigenvalue weighted by Gasteiger charge is -2.28. The first-order valence-corrected chi connectivity index (χ1v) is 6.59. The highest BCUT2D eigenvalue weighted by Gasteiger charge is 2.22. The Kier molecular flexibility index (Phi) is 4.12. The van der Waals surface area contributed by atoms with Crippen LogP contribution in [0, 0.1) is 5.92 Å². The van der Waals surface area contributed by atoms with Gasteiger partial charge in [-0.1, -0.05) is 26.2 Å². The Morgan fingerprint density at radius 3 is 2.94 bits per heavy atom. The summed E-state index contributed by atoms with van der Waals surface area (Å²) in [7, 11) is 0. The maximum absolute atomic E-state index is 12.0. The summed E-state index contributed by atoms with van der Waals surface area (Å²) in [6, 6.07) is 3.48. The fourth-order valence-electron chi connectivity index (χ4n) is 2.52. The molecule has 2 unspecified atom stereocenters. The van der Waals surface area contributed by atoms with Crippen LogP contribution < -0.4 is 11.1 Å². The van der Waals surface area contributed by atoms with Crippen LogP contribution in [-0.2, 0) is 0 Å². The molecule has 1 aliphatic rings. The van der Waals surface area contributed by atoms with Crippen molar-refractivity contribution in [1.82, 2.24) is 15.5 Å². The van der Waals surface area contributed by atoms with Crippen molar-refractivity contribution in [2.75, 3.05) is 5.73 Å². The molecular formula is C13H20N4O.